The SMILES string of the molecule is CC[C@@H](CO)Nc1nc(NCc2ccc(-c3ccccn3)cc2)c2ncn(C(C)C)c2n1. The molecule has 0 radical (unpaired) electrons. The standard InChI is InChI=1S/C24H29N7O/c1-4-19(14-32)28-24-29-22(21-23(30-24)31(15-27-21)16(2)3)26-13-17-8-10-18(11-9-17)20-7-5-6-12-25-20/h5-12,15-16,19,32H,4,13-14H2,1-3H3,(H2,26,28,29,30)/t19-/m0/s1. The number of nitrogens with one attached hydrogen (secondary N) is 2. The molecule has 0 aliphatic rings. The number of aliphatic hydroxyl groups is 1. The van der Waals surface area contributed by atoms with Gasteiger partial charge in [-0.05, 0) is 38.0 Å². The van der Waals surface area contributed by atoms with Crippen LogP contribution in [0.15, 0.2) is 55.0 Å². The second-order valence-electron chi connectivity index (χ2n) is 8.01. The maximum absolute atomic E-state index is 9.57. The largest absolute Gasteiger partial charge is 0.394 e. The zero-order valence-corrected chi connectivity index (χ0v) is 18.7. The van der Waals surface area contributed by atoms with E-state index in [9.17, 15) is 5.11 Å². The topological polar surface area (TPSA) is 101 Å². The first-order valence-electron chi connectivity index (χ1n) is 10.9. The third-order valence-electron chi connectivity index (χ3n) is 5.40. The third kappa shape index (κ3) is 4.70. The van der Waals surface area contributed by atoms with Gasteiger partial charge in [0.05, 0.1) is 24.7 Å². The summed E-state index contributed by atoms with van der Waals surface area (Å²) in [5.41, 5.74) is 4.64. The monoisotopic (exact) mass is 431 g/mol. The molecule has 166 valence electrons. The summed E-state index contributed by atoms with van der Waals surface area (Å²) in [6.45, 7) is 6.81. The Morgan fingerprint density at radius 2 is 1.84 bits per heavy atom. The van der Waals surface area contributed by atoms with E-state index in [-0.39, 0.29) is 18.7 Å². The Kier molecular flexibility index (Phi) is 6.61. The first-order valence-corrected chi connectivity index (χ1v) is 10.9. The van der Waals surface area contributed by atoms with E-state index in [0.717, 1.165) is 34.4 Å². The number of benzene rings is 1. The summed E-state index contributed by atoms with van der Waals surface area (Å²) >= 11 is 0. The molecule has 32 heavy (non-hydrogen) atoms. The maximum atomic E-state index is 9.57. The molecule has 1 aromatic carbocycles. The Morgan fingerprint density at radius 3 is 2.50 bits per heavy atom. The third-order valence-corrected chi connectivity index (χ3v) is 5.40. The highest BCUT2D eigenvalue weighted by Crippen LogP contribution is 2.25. The maximum Gasteiger partial charge on any atom is 0.227 e. The molecule has 8 nitrogen and oxygen atoms in total. The van der Waals surface area contributed by atoms with Gasteiger partial charge in [-0.25, -0.2) is 4.98 Å². The van der Waals surface area contributed by atoms with Crippen molar-refractivity contribution in [3.63, 3.8) is 0 Å². The zero-order valence-electron chi connectivity index (χ0n) is 18.7. The van der Waals surface area contributed by atoms with E-state index in [0.29, 0.717) is 18.3 Å². The number of imidazole rings is 1. The number of aromatic nitrogens is 5. The van der Waals surface area contributed by atoms with Crippen LogP contribution in [0.25, 0.3) is 22.4 Å². The van der Waals surface area contributed by atoms with Gasteiger partial charge in [0.1, 0.15) is 0 Å². The molecule has 3 N–H and O–H groups in total. The lowest BCUT2D eigenvalue weighted by Gasteiger charge is -2.16. The van der Waals surface area contributed by atoms with Crippen LogP contribution in [-0.4, -0.2) is 42.3 Å². The molecular formula is C24H29N7O. The van der Waals surface area contributed by atoms with Gasteiger partial charge < -0.3 is 20.3 Å². The van der Waals surface area contributed by atoms with Crippen molar-refractivity contribution in [1.82, 2.24) is 24.5 Å². The molecule has 0 amide bonds. The van der Waals surface area contributed by atoms with E-state index in [4.69, 9.17) is 0 Å². The predicted octanol–water partition coefficient (Wildman–Crippen LogP) is 4.26. The van der Waals surface area contributed by atoms with Crippen molar-refractivity contribution in [2.45, 2.75) is 45.8 Å². The van der Waals surface area contributed by atoms with Gasteiger partial charge >= 0.3 is 0 Å². The van der Waals surface area contributed by atoms with Crippen molar-refractivity contribution in [1.29, 1.82) is 0 Å². The Bertz CT molecular complexity index is 1150. The summed E-state index contributed by atoms with van der Waals surface area (Å²) in [7, 11) is 0. The van der Waals surface area contributed by atoms with E-state index in [1.54, 1.807) is 12.5 Å². The van der Waals surface area contributed by atoms with Crippen LogP contribution in [-0.2, 0) is 6.54 Å². The van der Waals surface area contributed by atoms with Gasteiger partial charge in [0.15, 0.2) is 17.0 Å². The molecule has 0 fully saturated rings. The molecular weight excluding hydrogens is 402 g/mol. The van der Waals surface area contributed by atoms with Gasteiger partial charge in [0.2, 0.25) is 5.95 Å². The van der Waals surface area contributed by atoms with Crippen LogP contribution in [0, 0.1) is 0 Å². The normalized spacial score (nSPS) is 12.3. The van der Waals surface area contributed by atoms with Gasteiger partial charge in [-0.1, -0.05) is 37.3 Å². The number of nitrogens with zero attached hydrogens (tertiary/aromatic N) is 5. The lowest BCUT2D eigenvalue weighted by Crippen LogP contribution is -2.24. The van der Waals surface area contributed by atoms with E-state index < -0.39 is 0 Å². The lowest BCUT2D eigenvalue weighted by atomic mass is 10.1. The molecule has 0 aliphatic heterocycles. The van der Waals surface area contributed by atoms with Crippen LogP contribution in [0.3, 0.4) is 0 Å². The summed E-state index contributed by atoms with van der Waals surface area (Å²) in [5.74, 6) is 1.15. The number of aliphatic hydroxyl groups excluding tert-OH is 1. The molecule has 4 rings (SSSR count). The average Bonchev–Trinajstić information content (AvgIpc) is 3.26. The molecule has 0 aliphatic carbocycles. The molecule has 0 unspecified atom stereocenters. The van der Waals surface area contributed by atoms with Gasteiger partial charge in [0, 0.05) is 24.3 Å². The molecule has 0 saturated heterocycles. The van der Waals surface area contributed by atoms with Gasteiger partial charge in [-0.2, -0.15) is 9.97 Å². The number of anilines is 2. The highest BCUT2D eigenvalue weighted by atomic mass is 16.3. The van der Waals surface area contributed by atoms with Crippen LogP contribution in [0.1, 0.15) is 38.8 Å². The molecule has 0 bridgehead atoms. The van der Waals surface area contributed by atoms with Crippen molar-refractivity contribution in [3.05, 3.63) is 60.6 Å². The summed E-state index contributed by atoms with van der Waals surface area (Å²) < 4.78 is 2.02. The Morgan fingerprint density at radius 1 is 1.03 bits per heavy atom. The summed E-state index contributed by atoms with van der Waals surface area (Å²) in [6.07, 6.45) is 4.36. The van der Waals surface area contributed by atoms with E-state index in [1.165, 1.54) is 0 Å². The van der Waals surface area contributed by atoms with Crippen molar-refractivity contribution in [3.8, 4) is 11.3 Å². The number of rotatable bonds is 9. The highest BCUT2D eigenvalue weighted by molar-refractivity contribution is 5.84. The fraction of sp³-hybridized carbons (Fsp3) is 0.333. The fourth-order valence-corrected chi connectivity index (χ4v) is 3.45. The number of hydrogen-bond acceptors (Lipinski definition) is 7. The molecule has 3 aromatic heterocycles. The molecule has 8 heteroatoms. The lowest BCUT2D eigenvalue weighted by molar-refractivity contribution is 0.271. The first-order chi connectivity index (χ1) is 15.6. The molecule has 0 spiro atoms. The Labute approximate surface area is 187 Å². The minimum atomic E-state index is -0.102. The minimum absolute atomic E-state index is 0.0206. The number of fused-ring (bicyclic) bond motifs is 1. The van der Waals surface area contributed by atoms with E-state index in [2.05, 4.69) is 68.7 Å². The second-order valence-corrected chi connectivity index (χ2v) is 8.01. The number of pyridine rings is 1. The smallest absolute Gasteiger partial charge is 0.227 e. The highest BCUT2D eigenvalue weighted by Gasteiger charge is 2.16. The van der Waals surface area contributed by atoms with Crippen molar-refractivity contribution >= 4 is 22.9 Å². The number of hydrogen-bond donors (Lipinski definition) is 3. The van der Waals surface area contributed by atoms with Gasteiger partial charge in [-0.15, -0.1) is 0 Å². The van der Waals surface area contributed by atoms with Gasteiger partial charge in [-0.3, -0.25) is 4.98 Å². The van der Waals surface area contributed by atoms with Gasteiger partial charge in [0.25, 0.3) is 0 Å². The van der Waals surface area contributed by atoms with Crippen molar-refractivity contribution in [2.75, 3.05) is 17.2 Å². The van der Waals surface area contributed by atoms with Crippen LogP contribution in [0.5, 0.6) is 0 Å². The second kappa shape index (κ2) is 9.74. The summed E-state index contributed by atoms with van der Waals surface area (Å²) in [5, 5.41) is 16.2. The van der Waals surface area contributed by atoms with E-state index >= 15 is 0 Å². The Hall–Kier alpha value is -3.52. The molecule has 0 saturated carbocycles. The average molecular weight is 432 g/mol. The van der Waals surface area contributed by atoms with Crippen LogP contribution in [0.2, 0.25) is 0 Å². The molecule has 3 heterocycles. The Balaban J connectivity index is 1.58. The predicted molar refractivity (Wildman–Crippen MR) is 127 cm³/mol. The zero-order chi connectivity index (χ0) is 22.5. The molecule has 4 aromatic rings. The van der Waals surface area contributed by atoms with Crippen LogP contribution >= 0.6 is 0 Å². The summed E-state index contributed by atoms with van der Waals surface area (Å²) in [6, 6.07) is 14.3. The van der Waals surface area contributed by atoms with Crippen LogP contribution < -0.4 is 10.6 Å². The first kappa shape index (κ1) is 21.7. The molecule has 1 atom stereocenters. The fourth-order valence-electron chi connectivity index (χ4n) is 3.45. The van der Waals surface area contributed by atoms with Crippen LogP contribution in [0.4, 0.5) is 11.8 Å². The van der Waals surface area contributed by atoms with Crippen molar-refractivity contribution in [2.24, 2.45) is 0 Å². The van der Waals surface area contributed by atoms with E-state index in [1.807, 2.05) is 29.7 Å². The summed E-state index contributed by atoms with van der Waals surface area (Å²) in [4.78, 5) is 18.3. The quantitative estimate of drug-likeness (QED) is 0.364. The van der Waals surface area contributed by atoms with Crippen molar-refractivity contribution < 1.29 is 5.11 Å². The minimum Gasteiger partial charge on any atom is -0.394 e.